The molecule has 32 heavy (non-hydrogen) atoms. The van der Waals surface area contributed by atoms with Gasteiger partial charge >= 0.3 is 0 Å². The Balaban J connectivity index is 1.20. The number of hydrogen-bond acceptors (Lipinski definition) is 6. The van der Waals surface area contributed by atoms with Crippen molar-refractivity contribution >= 4 is 23.4 Å². The third-order valence-electron chi connectivity index (χ3n) is 5.60. The Hall–Kier alpha value is -2.91. The maximum atomic E-state index is 13.4. The third-order valence-corrected chi connectivity index (χ3v) is 5.91. The number of aromatic nitrogens is 1. The zero-order chi connectivity index (χ0) is 22.8. The summed E-state index contributed by atoms with van der Waals surface area (Å²) in [6, 6.07) is 7.30. The molecule has 2 aromatic rings. The number of benzene rings is 1. The van der Waals surface area contributed by atoms with Gasteiger partial charge in [-0.05, 0) is 43.5 Å². The number of hydrogen-bond donors (Lipinski definition) is 2. The van der Waals surface area contributed by atoms with E-state index in [1.807, 2.05) is 0 Å². The zero-order valence-electron chi connectivity index (χ0n) is 17.5. The van der Waals surface area contributed by atoms with Gasteiger partial charge in [-0.1, -0.05) is 11.6 Å². The minimum Gasteiger partial charge on any atom is -0.490 e. The number of carbonyl (C=O) groups is 2. The molecule has 1 heterocycles. The number of nitrogens with one attached hydrogen (secondary N) is 2. The Bertz CT molecular complexity index is 997. The summed E-state index contributed by atoms with van der Waals surface area (Å²) in [5, 5.41) is 5.95. The van der Waals surface area contributed by atoms with Crippen molar-refractivity contribution in [2.45, 2.75) is 30.3 Å². The van der Waals surface area contributed by atoms with E-state index in [1.165, 1.54) is 18.3 Å². The van der Waals surface area contributed by atoms with Gasteiger partial charge in [-0.2, -0.15) is 0 Å². The van der Waals surface area contributed by atoms with E-state index in [0.29, 0.717) is 43.9 Å². The highest BCUT2D eigenvalue weighted by Gasteiger charge is 2.69. The highest BCUT2D eigenvalue weighted by atomic mass is 35.5. The molecule has 1 aromatic heterocycles. The van der Waals surface area contributed by atoms with E-state index in [0.717, 1.165) is 6.07 Å². The number of ether oxygens (including phenoxy) is 3. The smallest absolute Gasteiger partial charge is 0.270 e. The van der Waals surface area contributed by atoms with E-state index in [9.17, 15) is 14.0 Å². The molecule has 5 rings (SSSR count). The van der Waals surface area contributed by atoms with Crippen LogP contribution >= 0.6 is 11.6 Å². The SMILES string of the molecule is COCCOc1ccc(C(=O)NC23CC(NC(=O)COc4ccc(Cl)c(F)c4)(C2)C3)nc1. The van der Waals surface area contributed by atoms with E-state index in [1.54, 1.807) is 19.2 Å². The van der Waals surface area contributed by atoms with Crippen LogP contribution in [0.3, 0.4) is 0 Å². The number of nitrogens with zero attached hydrogens (tertiary/aromatic N) is 1. The summed E-state index contributed by atoms with van der Waals surface area (Å²) in [5.74, 6) is -0.378. The van der Waals surface area contributed by atoms with E-state index in [2.05, 4.69) is 15.6 Å². The number of amides is 2. The maximum Gasteiger partial charge on any atom is 0.270 e. The van der Waals surface area contributed by atoms with Crippen molar-refractivity contribution in [2.24, 2.45) is 0 Å². The zero-order valence-corrected chi connectivity index (χ0v) is 18.2. The van der Waals surface area contributed by atoms with Gasteiger partial charge < -0.3 is 24.8 Å². The van der Waals surface area contributed by atoms with Gasteiger partial charge in [-0.25, -0.2) is 9.37 Å². The fourth-order valence-corrected chi connectivity index (χ4v) is 4.37. The summed E-state index contributed by atoms with van der Waals surface area (Å²) in [6.45, 7) is 0.641. The van der Waals surface area contributed by atoms with Crippen molar-refractivity contribution in [3.05, 3.63) is 53.1 Å². The lowest BCUT2D eigenvalue weighted by Gasteiger charge is -2.70. The standard InChI is InChI=1S/C22H23ClFN3O5/c1-30-6-7-31-15-3-5-18(25-9-15)20(29)27-22-11-21(12-22,13-22)26-19(28)10-32-14-2-4-16(23)17(24)8-14/h2-5,8-9H,6-7,10-13H2,1H3,(H,26,28)(H,27,29). The third kappa shape index (κ3) is 4.78. The fraction of sp³-hybridized carbons (Fsp3) is 0.409. The van der Waals surface area contributed by atoms with Crippen LogP contribution in [0.15, 0.2) is 36.5 Å². The molecule has 3 aliphatic rings. The molecular formula is C22H23ClFN3O5. The molecule has 3 saturated carbocycles. The van der Waals surface area contributed by atoms with Crippen molar-refractivity contribution in [2.75, 3.05) is 26.9 Å². The second-order valence-corrected chi connectivity index (χ2v) is 8.59. The second kappa shape index (κ2) is 8.91. The molecular weight excluding hydrogens is 441 g/mol. The second-order valence-electron chi connectivity index (χ2n) is 8.18. The average Bonchev–Trinajstić information content (AvgIpc) is 2.73. The Kier molecular flexibility index (Phi) is 6.21. The first-order valence-electron chi connectivity index (χ1n) is 10.1. The fourth-order valence-electron chi connectivity index (χ4n) is 4.25. The molecule has 0 spiro atoms. The van der Waals surface area contributed by atoms with Crippen LogP contribution in [0.5, 0.6) is 11.5 Å². The van der Waals surface area contributed by atoms with Crippen molar-refractivity contribution in [3.8, 4) is 11.5 Å². The van der Waals surface area contributed by atoms with E-state index >= 15 is 0 Å². The summed E-state index contributed by atoms with van der Waals surface area (Å²) < 4.78 is 29.1. The molecule has 2 bridgehead atoms. The van der Waals surface area contributed by atoms with Crippen molar-refractivity contribution in [3.63, 3.8) is 0 Å². The number of methoxy groups -OCH3 is 1. The van der Waals surface area contributed by atoms with Gasteiger partial charge in [-0.15, -0.1) is 0 Å². The summed E-state index contributed by atoms with van der Waals surface area (Å²) in [6.07, 6.45) is 3.43. The monoisotopic (exact) mass is 463 g/mol. The molecule has 10 heteroatoms. The van der Waals surface area contributed by atoms with Crippen LogP contribution in [0, 0.1) is 5.82 Å². The van der Waals surface area contributed by atoms with Gasteiger partial charge in [0.15, 0.2) is 6.61 Å². The summed E-state index contributed by atoms with van der Waals surface area (Å²) in [7, 11) is 1.59. The minimum absolute atomic E-state index is 0.00966. The van der Waals surface area contributed by atoms with Crippen LogP contribution < -0.4 is 20.1 Å². The van der Waals surface area contributed by atoms with Gasteiger partial charge in [0.1, 0.15) is 29.6 Å². The Morgan fingerprint density at radius 1 is 1.06 bits per heavy atom. The molecule has 2 N–H and O–H groups in total. The summed E-state index contributed by atoms with van der Waals surface area (Å²) in [4.78, 5) is 28.9. The molecule has 8 nitrogen and oxygen atoms in total. The van der Waals surface area contributed by atoms with Crippen molar-refractivity contribution in [1.29, 1.82) is 0 Å². The molecule has 2 amide bonds. The first-order valence-corrected chi connectivity index (χ1v) is 10.5. The molecule has 0 aliphatic heterocycles. The maximum absolute atomic E-state index is 13.4. The van der Waals surface area contributed by atoms with Crippen molar-refractivity contribution in [1.82, 2.24) is 15.6 Å². The molecule has 0 radical (unpaired) electrons. The topological polar surface area (TPSA) is 98.8 Å². The molecule has 0 saturated heterocycles. The van der Waals surface area contributed by atoms with Gasteiger partial charge in [-0.3, -0.25) is 9.59 Å². The normalized spacial score (nSPS) is 22.8. The molecule has 1 aromatic carbocycles. The van der Waals surface area contributed by atoms with Gasteiger partial charge in [0, 0.05) is 24.3 Å². The first-order chi connectivity index (χ1) is 15.3. The van der Waals surface area contributed by atoms with Gasteiger partial charge in [0.05, 0.1) is 17.8 Å². The lowest BCUT2D eigenvalue weighted by molar-refractivity contribution is -0.141. The van der Waals surface area contributed by atoms with E-state index < -0.39 is 5.82 Å². The quantitative estimate of drug-likeness (QED) is 0.525. The number of halogens is 2. The highest BCUT2D eigenvalue weighted by molar-refractivity contribution is 6.30. The van der Waals surface area contributed by atoms with Crippen molar-refractivity contribution < 1.29 is 28.2 Å². The van der Waals surface area contributed by atoms with Crippen LogP contribution in [0.4, 0.5) is 4.39 Å². The minimum atomic E-state index is -0.607. The van der Waals surface area contributed by atoms with Gasteiger partial charge in [0.25, 0.3) is 11.8 Å². The van der Waals surface area contributed by atoms with Gasteiger partial charge in [0.2, 0.25) is 0 Å². The van der Waals surface area contributed by atoms with Crippen LogP contribution in [0.25, 0.3) is 0 Å². The van der Waals surface area contributed by atoms with Crippen LogP contribution in [0.1, 0.15) is 29.8 Å². The molecule has 3 fully saturated rings. The number of pyridine rings is 1. The lowest BCUT2D eigenvalue weighted by atomic mass is 9.44. The van der Waals surface area contributed by atoms with Crippen LogP contribution in [0.2, 0.25) is 5.02 Å². The number of carbonyl (C=O) groups excluding carboxylic acids is 2. The summed E-state index contributed by atoms with van der Waals surface area (Å²) >= 11 is 5.63. The largest absolute Gasteiger partial charge is 0.490 e. The highest BCUT2D eigenvalue weighted by Crippen LogP contribution is 2.60. The predicted molar refractivity (Wildman–Crippen MR) is 113 cm³/mol. The molecule has 0 unspecified atom stereocenters. The Labute approximate surface area is 189 Å². The van der Waals surface area contributed by atoms with E-state index in [-0.39, 0.29) is 40.3 Å². The van der Waals surface area contributed by atoms with Crippen LogP contribution in [-0.2, 0) is 9.53 Å². The average molecular weight is 464 g/mol. The Morgan fingerprint density at radius 2 is 1.78 bits per heavy atom. The number of rotatable bonds is 10. The lowest BCUT2D eigenvalue weighted by Crippen LogP contribution is -2.84. The molecule has 3 aliphatic carbocycles. The summed E-state index contributed by atoms with van der Waals surface area (Å²) in [5.41, 5.74) is -0.346. The van der Waals surface area contributed by atoms with E-state index in [4.69, 9.17) is 25.8 Å². The first kappa shape index (κ1) is 22.3. The van der Waals surface area contributed by atoms with Crippen LogP contribution in [-0.4, -0.2) is 54.8 Å². The molecule has 0 atom stereocenters. The predicted octanol–water partition coefficient (Wildman–Crippen LogP) is 2.50. The Morgan fingerprint density at radius 3 is 2.44 bits per heavy atom. The molecule has 170 valence electrons.